The third-order valence-electron chi connectivity index (χ3n) is 3.81. The minimum absolute atomic E-state index is 0.0155. The summed E-state index contributed by atoms with van der Waals surface area (Å²) in [5.41, 5.74) is -1.18. The van der Waals surface area contributed by atoms with Crippen molar-refractivity contribution in [2.75, 3.05) is 32.1 Å². The molecule has 6 nitrogen and oxygen atoms in total. The molecule has 114 valence electrons. The van der Waals surface area contributed by atoms with Crippen molar-refractivity contribution in [3.8, 4) is 0 Å². The number of aliphatic carboxylic acids is 1. The molecule has 0 atom stereocenters. The molecule has 0 aliphatic carbocycles. The highest BCUT2D eigenvalue weighted by Gasteiger charge is 2.43. The summed E-state index contributed by atoms with van der Waals surface area (Å²) in [6.45, 7) is 6.22. The summed E-state index contributed by atoms with van der Waals surface area (Å²) < 4.78 is 5.22. The van der Waals surface area contributed by atoms with E-state index < -0.39 is 11.5 Å². The van der Waals surface area contributed by atoms with Crippen LogP contribution < -0.4 is 5.32 Å². The van der Waals surface area contributed by atoms with Crippen LogP contribution >= 0.6 is 11.8 Å². The fourth-order valence-corrected chi connectivity index (χ4v) is 3.70. The van der Waals surface area contributed by atoms with E-state index >= 15 is 0 Å². The lowest BCUT2D eigenvalue weighted by Gasteiger charge is -2.40. The Morgan fingerprint density at radius 1 is 1.30 bits per heavy atom. The smallest absolute Gasteiger partial charge is 0.329 e. The molecule has 2 aliphatic heterocycles. The lowest BCUT2D eigenvalue weighted by Crippen LogP contribution is -2.61. The molecular formula is C13H22N2O4S. The first kappa shape index (κ1) is 15.4. The number of nitrogens with one attached hydrogen (secondary N) is 1. The monoisotopic (exact) mass is 302 g/mol. The van der Waals surface area contributed by atoms with E-state index in [1.807, 2.05) is 11.8 Å². The van der Waals surface area contributed by atoms with Crippen LogP contribution in [0.15, 0.2) is 0 Å². The van der Waals surface area contributed by atoms with Crippen LogP contribution in [0.4, 0.5) is 4.79 Å². The van der Waals surface area contributed by atoms with E-state index in [0.29, 0.717) is 39.1 Å². The standard InChI is InChI=1S/C13H22N2O4S/c1-12(2)9-15(5-8-20-12)11(18)14-13(10(16)17)3-6-19-7-4-13/h3-9H2,1-2H3,(H,14,18)(H,16,17). The maximum absolute atomic E-state index is 12.4. The van der Waals surface area contributed by atoms with Gasteiger partial charge in [0.2, 0.25) is 0 Å². The van der Waals surface area contributed by atoms with Gasteiger partial charge in [0, 0.05) is 49.6 Å². The van der Waals surface area contributed by atoms with Crippen LogP contribution in [0.25, 0.3) is 0 Å². The predicted molar refractivity (Wildman–Crippen MR) is 77.1 cm³/mol. The quantitative estimate of drug-likeness (QED) is 0.800. The molecule has 2 fully saturated rings. The maximum Gasteiger partial charge on any atom is 0.329 e. The third-order valence-corrected chi connectivity index (χ3v) is 5.11. The molecule has 20 heavy (non-hydrogen) atoms. The van der Waals surface area contributed by atoms with Gasteiger partial charge in [0.1, 0.15) is 5.54 Å². The Hall–Kier alpha value is -0.950. The number of carbonyl (C=O) groups excluding carboxylic acids is 1. The van der Waals surface area contributed by atoms with Crippen molar-refractivity contribution in [3.05, 3.63) is 0 Å². The number of amides is 2. The highest BCUT2D eigenvalue weighted by molar-refractivity contribution is 8.00. The van der Waals surface area contributed by atoms with Crippen LogP contribution in [0.2, 0.25) is 0 Å². The Balaban J connectivity index is 2.03. The van der Waals surface area contributed by atoms with Crippen LogP contribution in [-0.4, -0.2) is 64.3 Å². The zero-order valence-electron chi connectivity index (χ0n) is 12.0. The molecule has 2 N–H and O–H groups in total. The third kappa shape index (κ3) is 3.38. The lowest BCUT2D eigenvalue weighted by molar-refractivity contribution is -0.148. The fraction of sp³-hybridized carbons (Fsp3) is 0.846. The molecule has 0 bridgehead atoms. The van der Waals surface area contributed by atoms with E-state index in [2.05, 4.69) is 19.2 Å². The number of urea groups is 1. The Kier molecular flexibility index (Phi) is 4.49. The SMILES string of the molecule is CC1(C)CN(C(=O)NC2(C(=O)O)CCOCC2)CCS1. The minimum Gasteiger partial charge on any atom is -0.480 e. The van der Waals surface area contributed by atoms with Crippen molar-refractivity contribution in [1.29, 1.82) is 0 Å². The van der Waals surface area contributed by atoms with Crippen molar-refractivity contribution in [2.24, 2.45) is 0 Å². The Bertz CT molecular complexity index is 394. The Morgan fingerprint density at radius 2 is 1.95 bits per heavy atom. The first-order chi connectivity index (χ1) is 9.35. The molecule has 2 amide bonds. The second kappa shape index (κ2) is 5.81. The average Bonchev–Trinajstić information content (AvgIpc) is 2.38. The van der Waals surface area contributed by atoms with Crippen molar-refractivity contribution in [2.45, 2.75) is 37.0 Å². The molecule has 0 unspecified atom stereocenters. The number of rotatable bonds is 2. The van der Waals surface area contributed by atoms with Gasteiger partial charge in [-0.1, -0.05) is 0 Å². The molecule has 0 spiro atoms. The predicted octanol–water partition coefficient (Wildman–Crippen LogP) is 1.16. The number of carboxylic acids is 1. The molecule has 0 aromatic heterocycles. The van der Waals surface area contributed by atoms with Crippen molar-refractivity contribution in [3.63, 3.8) is 0 Å². The summed E-state index contributed by atoms with van der Waals surface area (Å²) in [6.07, 6.45) is 0.639. The van der Waals surface area contributed by atoms with Crippen LogP contribution in [0.5, 0.6) is 0 Å². The number of hydrogen-bond acceptors (Lipinski definition) is 4. The first-order valence-corrected chi connectivity index (χ1v) is 7.85. The number of ether oxygens (including phenoxy) is 1. The van der Waals surface area contributed by atoms with E-state index in [1.165, 1.54) is 0 Å². The van der Waals surface area contributed by atoms with Gasteiger partial charge in [-0.25, -0.2) is 9.59 Å². The normalized spacial score (nSPS) is 25.0. The summed E-state index contributed by atoms with van der Waals surface area (Å²) in [5, 5.41) is 12.2. The molecule has 7 heteroatoms. The molecule has 2 aliphatic rings. The summed E-state index contributed by atoms with van der Waals surface area (Å²) in [6, 6.07) is -0.275. The van der Waals surface area contributed by atoms with Gasteiger partial charge in [-0.2, -0.15) is 11.8 Å². The maximum atomic E-state index is 12.4. The highest BCUT2D eigenvalue weighted by Crippen LogP contribution is 2.30. The molecular weight excluding hydrogens is 280 g/mol. The van der Waals surface area contributed by atoms with E-state index in [1.54, 1.807) is 4.90 Å². The lowest BCUT2D eigenvalue weighted by atomic mass is 9.90. The Morgan fingerprint density at radius 3 is 2.50 bits per heavy atom. The molecule has 2 saturated heterocycles. The second-order valence-electron chi connectivity index (χ2n) is 5.96. The van der Waals surface area contributed by atoms with Gasteiger partial charge in [0.15, 0.2) is 0 Å². The van der Waals surface area contributed by atoms with Gasteiger partial charge in [-0.05, 0) is 13.8 Å². The summed E-state index contributed by atoms with van der Waals surface area (Å²) in [7, 11) is 0. The average molecular weight is 302 g/mol. The van der Waals surface area contributed by atoms with Gasteiger partial charge < -0.3 is 20.1 Å². The van der Waals surface area contributed by atoms with Gasteiger partial charge >= 0.3 is 12.0 Å². The number of thioether (sulfide) groups is 1. The molecule has 2 rings (SSSR count). The Labute approximate surface area is 123 Å². The van der Waals surface area contributed by atoms with Crippen LogP contribution in [0, 0.1) is 0 Å². The number of carbonyl (C=O) groups is 2. The second-order valence-corrected chi connectivity index (χ2v) is 7.76. The summed E-state index contributed by atoms with van der Waals surface area (Å²) in [5.74, 6) is -0.0938. The first-order valence-electron chi connectivity index (χ1n) is 6.87. The topological polar surface area (TPSA) is 78.9 Å². The number of nitrogens with zero attached hydrogens (tertiary/aromatic N) is 1. The summed E-state index contributed by atoms with van der Waals surface area (Å²) in [4.78, 5) is 25.6. The van der Waals surface area contributed by atoms with Crippen molar-refractivity contribution < 1.29 is 19.4 Å². The van der Waals surface area contributed by atoms with Crippen LogP contribution in [0.3, 0.4) is 0 Å². The van der Waals surface area contributed by atoms with Gasteiger partial charge in [0.25, 0.3) is 0 Å². The van der Waals surface area contributed by atoms with E-state index in [0.717, 1.165) is 5.75 Å². The van der Waals surface area contributed by atoms with Gasteiger partial charge in [-0.15, -0.1) is 0 Å². The molecule has 0 saturated carbocycles. The van der Waals surface area contributed by atoms with Gasteiger partial charge in [-0.3, -0.25) is 0 Å². The van der Waals surface area contributed by atoms with E-state index in [-0.39, 0.29) is 10.8 Å². The zero-order valence-corrected chi connectivity index (χ0v) is 12.8. The van der Waals surface area contributed by atoms with Crippen molar-refractivity contribution >= 4 is 23.8 Å². The van der Waals surface area contributed by atoms with Crippen molar-refractivity contribution in [1.82, 2.24) is 10.2 Å². The fourth-order valence-electron chi connectivity index (χ4n) is 2.59. The largest absolute Gasteiger partial charge is 0.480 e. The zero-order chi connectivity index (χ0) is 14.8. The van der Waals surface area contributed by atoms with Gasteiger partial charge in [0.05, 0.1) is 0 Å². The van der Waals surface area contributed by atoms with E-state index in [4.69, 9.17) is 4.74 Å². The molecule has 0 radical (unpaired) electrons. The van der Waals surface area contributed by atoms with Crippen LogP contribution in [-0.2, 0) is 9.53 Å². The number of carboxylic acid groups (broad SMARTS) is 1. The highest BCUT2D eigenvalue weighted by atomic mass is 32.2. The number of hydrogen-bond donors (Lipinski definition) is 2. The minimum atomic E-state index is -1.18. The molecule has 2 heterocycles. The van der Waals surface area contributed by atoms with Crippen LogP contribution in [0.1, 0.15) is 26.7 Å². The molecule has 0 aromatic rings. The summed E-state index contributed by atoms with van der Waals surface area (Å²) >= 11 is 1.84. The van der Waals surface area contributed by atoms with E-state index in [9.17, 15) is 14.7 Å². The molecule has 0 aromatic carbocycles.